The second kappa shape index (κ2) is 6.02. The van der Waals surface area contributed by atoms with Crippen LogP contribution in [0.25, 0.3) is 11.2 Å². The molecule has 22 heavy (non-hydrogen) atoms. The summed E-state index contributed by atoms with van der Waals surface area (Å²) in [5, 5.41) is 20.2. The third kappa shape index (κ3) is 2.66. The summed E-state index contributed by atoms with van der Waals surface area (Å²) >= 11 is 2.03. The van der Waals surface area contributed by atoms with Crippen LogP contribution in [0.2, 0.25) is 0 Å². The Morgan fingerprint density at radius 3 is 2.91 bits per heavy atom. The molecule has 1 fully saturated rings. The lowest BCUT2D eigenvalue weighted by Crippen LogP contribution is -2.34. The molecule has 10 heteroatoms. The number of aliphatic hydroxyl groups excluding tert-OH is 2. The Labute approximate surface area is 138 Å². The van der Waals surface area contributed by atoms with Crippen molar-refractivity contribution in [2.75, 3.05) is 6.61 Å². The van der Waals surface area contributed by atoms with Crippen molar-refractivity contribution in [3.05, 3.63) is 16.4 Å². The molecular weight excluding hydrogens is 407 g/mol. The second-order valence-corrected chi connectivity index (χ2v) is 5.86. The fourth-order valence-corrected chi connectivity index (χ4v) is 2.81. The molecule has 1 aliphatic heterocycles. The van der Waals surface area contributed by atoms with E-state index in [0.29, 0.717) is 14.9 Å². The largest absolute Gasteiger partial charge is 0.463 e. The van der Waals surface area contributed by atoms with E-state index in [1.54, 1.807) is 0 Å². The minimum Gasteiger partial charge on any atom is -0.463 e. The summed E-state index contributed by atoms with van der Waals surface area (Å²) in [5.74, 6) is -0.482. The number of fused-ring (bicyclic) bond motifs is 1. The van der Waals surface area contributed by atoms with Crippen molar-refractivity contribution < 1.29 is 24.5 Å². The molecule has 9 nitrogen and oxygen atoms in total. The highest BCUT2D eigenvalue weighted by molar-refractivity contribution is 14.1. The van der Waals surface area contributed by atoms with E-state index < -0.39 is 30.5 Å². The van der Waals surface area contributed by atoms with E-state index >= 15 is 0 Å². The number of rotatable bonds is 3. The third-order valence-corrected chi connectivity index (χ3v) is 4.17. The molecule has 0 radical (unpaired) electrons. The lowest BCUT2D eigenvalue weighted by molar-refractivity contribution is -0.147. The molecule has 1 saturated heterocycles. The fraction of sp³-hybridized carbons (Fsp3) is 0.500. The van der Waals surface area contributed by atoms with Gasteiger partial charge in [-0.05, 0) is 22.6 Å². The molecule has 3 heterocycles. The second-order valence-electron chi connectivity index (χ2n) is 4.84. The van der Waals surface area contributed by atoms with E-state index in [1.807, 2.05) is 22.6 Å². The zero-order valence-corrected chi connectivity index (χ0v) is 13.6. The molecule has 2 aromatic rings. The van der Waals surface area contributed by atoms with Gasteiger partial charge in [-0.3, -0.25) is 9.36 Å². The number of carbonyl (C=O) groups is 1. The smallest absolute Gasteiger partial charge is 0.302 e. The van der Waals surface area contributed by atoms with Crippen LogP contribution in [0.5, 0.6) is 0 Å². The zero-order valence-electron chi connectivity index (χ0n) is 11.5. The number of nitrogens with zero attached hydrogens (tertiary/aromatic N) is 4. The number of halogens is 1. The highest BCUT2D eigenvalue weighted by atomic mass is 127. The SMILES string of the molecule is CC(=O)OC[C@H]1O[C@@H](n2cnc3c(I)ncnc32)[C@@H](O)[C@H]1O. The van der Waals surface area contributed by atoms with Gasteiger partial charge < -0.3 is 19.7 Å². The predicted molar refractivity (Wildman–Crippen MR) is 80.6 cm³/mol. The van der Waals surface area contributed by atoms with Crippen molar-refractivity contribution in [2.45, 2.75) is 31.5 Å². The Balaban J connectivity index is 1.87. The standard InChI is InChI=1S/C12H13IN4O5/c1-5(18)21-2-6-8(19)9(20)12(22-6)17-4-16-7-10(13)14-3-15-11(7)17/h3-4,6,8-9,12,19-20H,2H2,1H3/t6-,8+,9+,12-/m1/s1. The normalized spacial score (nSPS) is 28.2. The molecule has 4 atom stereocenters. The van der Waals surface area contributed by atoms with Gasteiger partial charge in [-0.2, -0.15) is 0 Å². The van der Waals surface area contributed by atoms with Crippen LogP contribution >= 0.6 is 22.6 Å². The van der Waals surface area contributed by atoms with Gasteiger partial charge in [0.25, 0.3) is 0 Å². The summed E-state index contributed by atoms with van der Waals surface area (Å²) < 4.78 is 12.6. The van der Waals surface area contributed by atoms with Gasteiger partial charge in [0.1, 0.15) is 40.5 Å². The van der Waals surface area contributed by atoms with Crippen LogP contribution in [0.4, 0.5) is 0 Å². The van der Waals surface area contributed by atoms with Gasteiger partial charge in [-0.1, -0.05) is 0 Å². The van der Waals surface area contributed by atoms with Crippen LogP contribution in [0, 0.1) is 3.70 Å². The Hall–Kier alpha value is -1.37. The van der Waals surface area contributed by atoms with Crippen molar-refractivity contribution in [3.8, 4) is 0 Å². The number of esters is 1. The Kier molecular flexibility index (Phi) is 4.25. The first-order valence-electron chi connectivity index (χ1n) is 6.47. The molecule has 0 amide bonds. The molecular formula is C12H13IN4O5. The lowest BCUT2D eigenvalue weighted by Gasteiger charge is -2.16. The molecule has 3 rings (SSSR count). The van der Waals surface area contributed by atoms with Crippen molar-refractivity contribution in [3.63, 3.8) is 0 Å². The minimum atomic E-state index is -1.19. The molecule has 0 spiro atoms. The maximum Gasteiger partial charge on any atom is 0.302 e. The molecule has 0 unspecified atom stereocenters. The monoisotopic (exact) mass is 420 g/mol. The topological polar surface area (TPSA) is 120 Å². The molecule has 0 aliphatic carbocycles. The summed E-state index contributed by atoms with van der Waals surface area (Å²) in [4.78, 5) is 23.2. The van der Waals surface area contributed by atoms with Gasteiger partial charge in [-0.15, -0.1) is 0 Å². The number of carbonyl (C=O) groups excluding carboxylic acids is 1. The average Bonchev–Trinajstić information content (AvgIpc) is 3.01. The first kappa shape index (κ1) is 15.5. The first-order valence-corrected chi connectivity index (χ1v) is 7.55. The maximum absolute atomic E-state index is 10.9. The summed E-state index contributed by atoms with van der Waals surface area (Å²) in [6, 6.07) is 0. The number of imidazole rings is 1. The van der Waals surface area contributed by atoms with Crippen LogP contribution in [-0.4, -0.2) is 60.6 Å². The van der Waals surface area contributed by atoms with Gasteiger partial charge in [0.05, 0.1) is 6.33 Å². The fourth-order valence-electron chi connectivity index (χ4n) is 2.31. The quantitative estimate of drug-likeness (QED) is 0.392. The highest BCUT2D eigenvalue weighted by Crippen LogP contribution is 2.31. The summed E-state index contributed by atoms with van der Waals surface area (Å²) in [5.41, 5.74) is 1.07. The molecule has 1 aliphatic rings. The number of aromatic nitrogens is 4. The Morgan fingerprint density at radius 1 is 1.41 bits per heavy atom. The van der Waals surface area contributed by atoms with Crippen LogP contribution in [0.1, 0.15) is 13.2 Å². The number of hydrogen-bond donors (Lipinski definition) is 2. The van der Waals surface area contributed by atoms with Crippen LogP contribution in [0.3, 0.4) is 0 Å². The van der Waals surface area contributed by atoms with Gasteiger partial charge in [0.15, 0.2) is 11.9 Å². The minimum absolute atomic E-state index is 0.136. The van der Waals surface area contributed by atoms with E-state index in [1.165, 1.54) is 24.1 Å². The van der Waals surface area contributed by atoms with Gasteiger partial charge in [0, 0.05) is 6.92 Å². The van der Waals surface area contributed by atoms with Crippen LogP contribution < -0.4 is 0 Å². The number of ether oxygens (including phenoxy) is 2. The summed E-state index contributed by atoms with van der Waals surface area (Å²) in [6.45, 7) is 1.13. The van der Waals surface area contributed by atoms with Crippen molar-refractivity contribution in [2.24, 2.45) is 0 Å². The highest BCUT2D eigenvalue weighted by Gasteiger charge is 2.44. The molecule has 2 aromatic heterocycles. The number of aliphatic hydroxyl groups is 2. The van der Waals surface area contributed by atoms with Gasteiger partial charge >= 0.3 is 5.97 Å². The van der Waals surface area contributed by atoms with E-state index in [2.05, 4.69) is 15.0 Å². The van der Waals surface area contributed by atoms with E-state index in [9.17, 15) is 15.0 Å². The molecule has 118 valence electrons. The van der Waals surface area contributed by atoms with E-state index in [0.717, 1.165) is 0 Å². The first-order chi connectivity index (χ1) is 10.5. The molecule has 0 bridgehead atoms. The third-order valence-electron chi connectivity index (χ3n) is 3.38. The van der Waals surface area contributed by atoms with Gasteiger partial charge in [-0.25, -0.2) is 15.0 Å². The predicted octanol–water partition coefficient (Wildman–Crippen LogP) is -0.387. The molecule has 0 aromatic carbocycles. The lowest BCUT2D eigenvalue weighted by atomic mass is 10.1. The molecule has 0 saturated carbocycles. The van der Waals surface area contributed by atoms with Crippen LogP contribution in [0.15, 0.2) is 12.7 Å². The van der Waals surface area contributed by atoms with Crippen molar-refractivity contribution >= 4 is 39.7 Å². The van der Waals surface area contributed by atoms with Crippen molar-refractivity contribution in [1.82, 2.24) is 19.5 Å². The number of hydrogen-bond acceptors (Lipinski definition) is 8. The summed E-state index contributed by atoms with van der Waals surface area (Å²) in [7, 11) is 0. The van der Waals surface area contributed by atoms with E-state index in [-0.39, 0.29) is 6.61 Å². The van der Waals surface area contributed by atoms with Crippen LogP contribution in [-0.2, 0) is 14.3 Å². The van der Waals surface area contributed by atoms with Crippen molar-refractivity contribution in [1.29, 1.82) is 0 Å². The Bertz CT molecular complexity index is 708. The average molecular weight is 420 g/mol. The summed E-state index contributed by atoms with van der Waals surface area (Å²) in [6.07, 6.45) is -1.20. The maximum atomic E-state index is 10.9. The Morgan fingerprint density at radius 2 is 2.18 bits per heavy atom. The zero-order chi connectivity index (χ0) is 15.9. The van der Waals surface area contributed by atoms with E-state index in [4.69, 9.17) is 9.47 Å². The molecule has 2 N–H and O–H groups in total. The van der Waals surface area contributed by atoms with Gasteiger partial charge in [0.2, 0.25) is 0 Å².